The van der Waals surface area contributed by atoms with E-state index < -0.39 is 71.4 Å². The fourth-order valence-electron chi connectivity index (χ4n) is 14.3. The van der Waals surface area contributed by atoms with Crippen LogP contribution in [0.1, 0.15) is 139 Å². The maximum absolute atomic E-state index is 14.5. The Morgan fingerprint density at radius 2 is 1.00 bits per heavy atom. The summed E-state index contributed by atoms with van der Waals surface area (Å²) >= 11 is 0. The van der Waals surface area contributed by atoms with Gasteiger partial charge in [-0.15, -0.1) is 13.2 Å². The number of allylic oxidation sites excluding steroid dienone is 1. The summed E-state index contributed by atoms with van der Waals surface area (Å²) in [7, 11) is -2.74. The Morgan fingerprint density at radius 1 is 0.642 bits per heavy atom. The summed E-state index contributed by atoms with van der Waals surface area (Å²) in [5.74, 6) is -2.27. The number of benzene rings is 2. The number of methoxy groups -OCH3 is 2. The minimum atomic E-state index is -5.97. The maximum Gasteiger partial charge on any atom is 0.534 e. The Hall–Kier alpha value is -4.43. The standard InChI is InChI=1S/C31H41F3O8S.C30H42O6.2CH4/c1-7-27(4,20-39-19-23-8-10-24(38-6)11-9-23)18-25(35)28(5)21(2)12-13-29(22(3)42-43(36,37)31(32,33)34)14-15-30(26(28)29)40-16-17-41-30;1-7-27(4,20-34-19-23-8-10-24(33-6)11-9-23)18-25(32)28(5)21(2)12-13-29(22(3)31)14-15-30(26(28)29)35-16-17-36-30;;/h7-11,21,26H,1,3,12-20H2,2,4-6H3;7-11,21,26H,1,12-20H2,2-6H3;2*1H4/t2*21-,26?,27+,28+,29+;;/m11../s1. The molecule has 4 aliphatic carbocycles. The molecule has 0 radical (unpaired) electrons. The van der Waals surface area contributed by atoms with Crippen LogP contribution in [-0.2, 0) is 70.3 Å². The van der Waals surface area contributed by atoms with Crippen molar-refractivity contribution in [1.29, 1.82) is 0 Å². The molecule has 8 rings (SSSR count). The molecule has 2 spiro atoms. The van der Waals surface area contributed by atoms with Crippen LogP contribution in [0.15, 0.2) is 86.2 Å². The molecule has 18 heteroatoms. The zero-order valence-corrected chi connectivity index (χ0v) is 48.5. The summed E-state index contributed by atoms with van der Waals surface area (Å²) in [6.45, 7) is 28.0. The first kappa shape index (κ1) is 67.4. The predicted molar refractivity (Wildman–Crippen MR) is 303 cm³/mol. The number of Topliss-reactive ketones (excluding diaryl/α,β-unsaturated/α-hetero) is 3. The van der Waals surface area contributed by atoms with E-state index in [9.17, 15) is 36.0 Å². The van der Waals surface area contributed by atoms with E-state index >= 15 is 0 Å². The minimum Gasteiger partial charge on any atom is -0.497 e. The highest BCUT2D eigenvalue weighted by Gasteiger charge is 2.74. The molecule has 14 nitrogen and oxygen atoms in total. The molecule has 81 heavy (non-hydrogen) atoms. The fourth-order valence-corrected chi connectivity index (χ4v) is 14.9. The largest absolute Gasteiger partial charge is 0.534 e. The third kappa shape index (κ3) is 12.7. The van der Waals surface area contributed by atoms with Gasteiger partial charge in [-0.3, -0.25) is 14.4 Å². The van der Waals surface area contributed by atoms with Crippen molar-refractivity contribution in [3.8, 4) is 11.5 Å². The number of hydrogen-bond donors (Lipinski definition) is 0. The van der Waals surface area contributed by atoms with Gasteiger partial charge in [0.25, 0.3) is 0 Å². The molecular weight excluding hydrogens is 1070 g/mol. The molecule has 10 atom stereocenters. The average molecular weight is 1160 g/mol. The number of carbonyl (C=O) groups is 3. The minimum absolute atomic E-state index is 0. The van der Waals surface area contributed by atoms with Gasteiger partial charge in [-0.1, -0.05) is 99.4 Å². The van der Waals surface area contributed by atoms with E-state index in [1.807, 2.05) is 75.4 Å². The molecule has 2 unspecified atom stereocenters. The van der Waals surface area contributed by atoms with Gasteiger partial charge >= 0.3 is 15.6 Å². The van der Waals surface area contributed by atoms with E-state index in [1.54, 1.807) is 34.1 Å². The zero-order valence-electron chi connectivity index (χ0n) is 47.7. The van der Waals surface area contributed by atoms with Crippen LogP contribution in [0.2, 0.25) is 0 Å². The van der Waals surface area contributed by atoms with Gasteiger partial charge in [0.1, 0.15) is 34.6 Å². The molecule has 0 N–H and O–H groups in total. The van der Waals surface area contributed by atoms with Crippen molar-refractivity contribution < 1.29 is 78.1 Å². The molecule has 4 saturated carbocycles. The van der Waals surface area contributed by atoms with Gasteiger partial charge in [-0.2, -0.15) is 21.6 Å². The highest BCUT2D eigenvalue weighted by molar-refractivity contribution is 7.87. The first-order valence-corrected chi connectivity index (χ1v) is 29.0. The number of alkyl halides is 3. The number of carbonyl (C=O) groups excluding carboxylic acids is 3. The van der Waals surface area contributed by atoms with Crippen molar-refractivity contribution in [2.75, 3.05) is 53.9 Å². The molecule has 454 valence electrons. The van der Waals surface area contributed by atoms with Crippen molar-refractivity contribution in [3.63, 3.8) is 0 Å². The summed E-state index contributed by atoms with van der Waals surface area (Å²) in [5, 5.41) is 0. The van der Waals surface area contributed by atoms with Crippen molar-refractivity contribution in [2.24, 2.45) is 56.2 Å². The van der Waals surface area contributed by atoms with Gasteiger partial charge in [-0.25, -0.2) is 0 Å². The van der Waals surface area contributed by atoms with Crippen LogP contribution >= 0.6 is 0 Å². The first-order valence-electron chi connectivity index (χ1n) is 27.6. The van der Waals surface area contributed by atoms with E-state index in [1.165, 1.54) is 0 Å². The lowest BCUT2D eigenvalue weighted by molar-refractivity contribution is -0.237. The molecule has 2 saturated heterocycles. The maximum atomic E-state index is 14.5. The van der Waals surface area contributed by atoms with Crippen LogP contribution in [0, 0.1) is 56.2 Å². The van der Waals surface area contributed by atoms with Gasteiger partial charge in [0.2, 0.25) is 0 Å². The van der Waals surface area contributed by atoms with Gasteiger partial charge in [-0.05, 0) is 92.7 Å². The summed E-state index contributed by atoms with van der Waals surface area (Å²) < 4.78 is 116. The van der Waals surface area contributed by atoms with Crippen LogP contribution in [-0.4, -0.2) is 96.7 Å². The van der Waals surface area contributed by atoms with E-state index in [2.05, 4.69) is 37.8 Å². The number of rotatable bonds is 22. The Bertz CT molecular complexity index is 2660. The van der Waals surface area contributed by atoms with E-state index in [-0.39, 0.29) is 95.5 Å². The van der Waals surface area contributed by atoms with Crippen molar-refractivity contribution in [2.45, 2.75) is 158 Å². The number of ketones is 3. The fraction of sp³-hybridized carbons (Fsp3) is 0.667. The SMILES string of the molecule is C.C.C=C[C@](C)(COCc1ccc(OC)cc1)CC(=O)[C@@]1(C)C2C3(CC[C@]2(C(=C)OS(=O)(=O)C(F)(F)F)CC[C@H]1C)OCCO3.C=C[C@](C)(COCc1ccc(OC)cc1)CC(=O)[C@@]1(C)C2C3(CC[C@]2(C(C)=O)CC[C@H]1C)OCCO3. The van der Waals surface area contributed by atoms with Crippen LogP contribution in [0.4, 0.5) is 13.2 Å². The Balaban J connectivity index is 0.000000294. The van der Waals surface area contributed by atoms with E-state index in [0.717, 1.165) is 35.5 Å². The number of fused-ring (bicyclic) bond motifs is 4. The monoisotopic (exact) mass is 1160 g/mol. The molecular formula is C63H91F3O14S. The molecule has 6 fully saturated rings. The predicted octanol–water partition coefficient (Wildman–Crippen LogP) is 13.1. The van der Waals surface area contributed by atoms with E-state index in [4.69, 9.17) is 37.9 Å². The molecule has 0 amide bonds. The Morgan fingerprint density at radius 3 is 1.35 bits per heavy atom. The van der Waals surface area contributed by atoms with Gasteiger partial charge in [0.05, 0.1) is 67.1 Å². The number of hydrogen-bond acceptors (Lipinski definition) is 14. The number of ether oxygens (including phenoxy) is 8. The third-order valence-corrected chi connectivity index (χ3v) is 20.4. The lowest BCUT2D eigenvalue weighted by Crippen LogP contribution is -2.60. The second kappa shape index (κ2) is 25.4. The van der Waals surface area contributed by atoms with Crippen LogP contribution in [0.5, 0.6) is 11.5 Å². The molecule has 0 aromatic heterocycles. The molecule has 6 aliphatic rings. The molecule has 2 heterocycles. The molecule has 2 aliphatic heterocycles. The average Bonchev–Trinajstić information content (AvgIpc) is 4.27. The summed E-state index contributed by atoms with van der Waals surface area (Å²) in [6, 6.07) is 15.2. The molecule has 2 aromatic carbocycles. The normalized spacial score (nSPS) is 30.4. The van der Waals surface area contributed by atoms with Gasteiger partial charge in [0.15, 0.2) is 11.6 Å². The lowest BCUT2D eigenvalue weighted by Gasteiger charge is -2.56. The summed E-state index contributed by atoms with van der Waals surface area (Å²) in [4.78, 5) is 42.0. The quantitative estimate of drug-likeness (QED) is 0.0472. The van der Waals surface area contributed by atoms with Crippen LogP contribution < -0.4 is 9.47 Å². The van der Waals surface area contributed by atoms with Crippen molar-refractivity contribution >= 4 is 27.5 Å². The van der Waals surface area contributed by atoms with Crippen LogP contribution in [0.25, 0.3) is 0 Å². The first-order chi connectivity index (χ1) is 37.0. The topological polar surface area (TPSA) is 168 Å². The molecule has 0 bridgehead atoms. The zero-order chi connectivity index (χ0) is 58.1. The second-order valence-electron chi connectivity index (χ2n) is 24.2. The smallest absolute Gasteiger partial charge is 0.497 e. The lowest BCUT2D eigenvalue weighted by atomic mass is 9.48. The van der Waals surface area contributed by atoms with Crippen molar-refractivity contribution in [3.05, 3.63) is 97.3 Å². The second-order valence-corrected chi connectivity index (χ2v) is 25.7. The number of halogens is 3. The summed E-state index contributed by atoms with van der Waals surface area (Å²) in [6.07, 6.45) is 7.99. The summed E-state index contributed by atoms with van der Waals surface area (Å²) in [5.41, 5.74) is -8.78. The Labute approximate surface area is 480 Å². The van der Waals surface area contributed by atoms with Gasteiger partial charge < -0.3 is 42.1 Å². The third-order valence-electron chi connectivity index (χ3n) is 19.5. The van der Waals surface area contributed by atoms with Crippen LogP contribution in [0.3, 0.4) is 0 Å². The highest BCUT2D eigenvalue weighted by Crippen LogP contribution is 2.71. The van der Waals surface area contributed by atoms with E-state index in [0.29, 0.717) is 58.7 Å². The van der Waals surface area contributed by atoms with Crippen molar-refractivity contribution in [1.82, 2.24) is 0 Å². The highest BCUT2D eigenvalue weighted by atomic mass is 32.2. The molecule has 2 aromatic rings. The Kier molecular flexibility index (Phi) is 21.1. The van der Waals surface area contributed by atoms with Gasteiger partial charge in [0, 0.05) is 70.0 Å².